The summed E-state index contributed by atoms with van der Waals surface area (Å²) < 4.78 is 5.45. The second-order valence-corrected chi connectivity index (χ2v) is 4.45. The monoisotopic (exact) mass is 264 g/mol. The first kappa shape index (κ1) is 13.3. The molecule has 19 heavy (non-hydrogen) atoms. The van der Waals surface area contributed by atoms with Crippen molar-refractivity contribution in [3.05, 3.63) is 24.0 Å². The standard InChI is InChI=1S/C13H16N2O4/c1-9(12(16)15-7-2-3-8-15)19-10-5-4-6-14-11(10)13(17)18/h4-6,9H,2-3,7-8H2,1H3,(H,17,18). The van der Waals surface area contributed by atoms with Crippen LogP contribution in [-0.4, -0.2) is 46.1 Å². The van der Waals surface area contributed by atoms with Crippen molar-refractivity contribution in [1.82, 2.24) is 9.88 Å². The zero-order valence-electron chi connectivity index (χ0n) is 10.7. The van der Waals surface area contributed by atoms with Crippen molar-refractivity contribution in [2.45, 2.75) is 25.9 Å². The molecular weight excluding hydrogens is 248 g/mol. The molecule has 2 rings (SSSR count). The summed E-state index contributed by atoms with van der Waals surface area (Å²) in [6.07, 6.45) is 2.68. The number of likely N-dealkylation sites (tertiary alicyclic amines) is 1. The lowest BCUT2D eigenvalue weighted by molar-refractivity contribution is -0.136. The molecule has 1 aromatic rings. The van der Waals surface area contributed by atoms with Gasteiger partial charge < -0.3 is 14.7 Å². The van der Waals surface area contributed by atoms with Crippen LogP contribution in [0.15, 0.2) is 18.3 Å². The molecule has 6 nitrogen and oxygen atoms in total. The number of aromatic carboxylic acids is 1. The molecule has 2 heterocycles. The smallest absolute Gasteiger partial charge is 0.358 e. The summed E-state index contributed by atoms with van der Waals surface area (Å²) in [6.45, 7) is 3.11. The van der Waals surface area contributed by atoms with E-state index in [9.17, 15) is 9.59 Å². The van der Waals surface area contributed by atoms with Gasteiger partial charge in [0.25, 0.3) is 5.91 Å². The Morgan fingerprint density at radius 1 is 1.42 bits per heavy atom. The molecule has 1 amide bonds. The molecule has 0 saturated carbocycles. The molecule has 0 spiro atoms. The normalized spacial score (nSPS) is 16.2. The first-order valence-corrected chi connectivity index (χ1v) is 6.23. The van der Waals surface area contributed by atoms with Crippen LogP contribution in [0, 0.1) is 0 Å². The fourth-order valence-corrected chi connectivity index (χ4v) is 2.08. The molecule has 1 aliphatic heterocycles. The Balaban J connectivity index is 2.08. The fourth-order valence-electron chi connectivity index (χ4n) is 2.08. The maximum absolute atomic E-state index is 12.1. The number of carboxylic acid groups (broad SMARTS) is 1. The summed E-state index contributed by atoms with van der Waals surface area (Å²) >= 11 is 0. The SMILES string of the molecule is CC(Oc1cccnc1C(=O)O)C(=O)N1CCCC1. The number of aromatic nitrogens is 1. The van der Waals surface area contributed by atoms with Crippen LogP contribution in [0.2, 0.25) is 0 Å². The fraction of sp³-hybridized carbons (Fsp3) is 0.462. The van der Waals surface area contributed by atoms with Crippen molar-refractivity contribution in [1.29, 1.82) is 0 Å². The van der Waals surface area contributed by atoms with Crippen LogP contribution >= 0.6 is 0 Å². The highest BCUT2D eigenvalue weighted by Gasteiger charge is 2.25. The quantitative estimate of drug-likeness (QED) is 0.883. The third-order valence-electron chi connectivity index (χ3n) is 3.04. The van der Waals surface area contributed by atoms with Gasteiger partial charge in [-0.2, -0.15) is 0 Å². The number of ether oxygens (including phenoxy) is 1. The molecule has 0 radical (unpaired) electrons. The number of rotatable bonds is 4. The van der Waals surface area contributed by atoms with Crippen molar-refractivity contribution >= 4 is 11.9 Å². The van der Waals surface area contributed by atoms with Crippen LogP contribution in [0.1, 0.15) is 30.3 Å². The number of nitrogens with zero attached hydrogens (tertiary/aromatic N) is 2. The van der Waals surface area contributed by atoms with Gasteiger partial charge in [-0.05, 0) is 31.9 Å². The third-order valence-corrected chi connectivity index (χ3v) is 3.04. The van der Waals surface area contributed by atoms with Gasteiger partial charge in [-0.1, -0.05) is 0 Å². The molecule has 102 valence electrons. The topological polar surface area (TPSA) is 79.7 Å². The van der Waals surface area contributed by atoms with Gasteiger partial charge in [0.15, 0.2) is 17.5 Å². The third kappa shape index (κ3) is 3.01. The molecule has 1 saturated heterocycles. The maximum atomic E-state index is 12.1. The molecular formula is C13H16N2O4. The van der Waals surface area contributed by atoms with Gasteiger partial charge in [0, 0.05) is 19.3 Å². The number of carbonyl (C=O) groups excluding carboxylic acids is 1. The lowest BCUT2D eigenvalue weighted by atomic mass is 10.3. The highest BCUT2D eigenvalue weighted by Crippen LogP contribution is 2.18. The Kier molecular flexibility index (Phi) is 3.99. The van der Waals surface area contributed by atoms with Crippen LogP contribution in [0.5, 0.6) is 5.75 Å². The predicted molar refractivity (Wildman–Crippen MR) is 67.1 cm³/mol. The van der Waals surface area contributed by atoms with Crippen LogP contribution in [0.4, 0.5) is 0 Å². The van der Waals surface area contributed by atoms with E-state index in [0.717, 1.165) is 25.9 Å². The summed E-state index contributed by atoms with van der Waals surface area (Å²) in [5, 5.41) is 8.99. The maximum Gasteiger partial charge on any atom is 0.358 e. The number of carbonyl (C=O) groups is 2. The number of carboxylic acids is 1. The minimum atomic E-state index is -1.17. The molecule has 1 atom stereocenters. The Bertz CT molecular complexity index is 483. The van der Waals surface area contributed by atoms with E-state index < -0.39 is 12.1 Å². The molecule has 1 aromatic heterocycles. The van der Waals surface area contributed by atoms with Crippen molar-refractivity contribution < 1.29 is 19.4 Å². The van der Waals surface area contributed by atoms with Gasteiger partial charge in [-0.3, -0.25) is 4.79 Å². The lowest BCUT2D eigenvalue weighted by Crippen LogP contribution is -2.38. The van der Waals surface area contributed by atoms with Crippen molar-refractivity contribution in [3.63, 3.8) is 0 Å². The van der Waals surface area contributed by atoms with E-state index in [0.29, 0.717) is 0 Å². The van der Waals surface area contributed by atoms with E-state index in [4.69, 9.17) is 9.84 Å². The Morgan fingerprint density at radius 2 is 2.11 bits per heavy atom. The van der Waals surface area contributed by atoms with Crippen LogP contribution in [-0.2, 0) is 4.79 Å². The van der Waals surface area contributed by atoms with Crippen LogP contribution in [0.3, 0.4) is 0 Å². The Morgan fingerprint density at radius 3 is 2.74 bits per heavy atom. The first-order valence-electron chi connectivity index (χ1n) is 6.23. The summed E-state index contributed by atoms with van der Waals surface area (Å²) in [4.78, 5) is 28.5. The van der Waals surface area contributed by atoms with E-state index in [2.05, 4.69) is 4.98 Å². The number of hydrogen-bond acceptors (Lipinski definition) is 4. The molecule has 1 N–H and O–H groups in total. The minimum Gasteiger partial charge on any atom is -0.478 e. The van der Waals surface area contributed by atoms with Gasteiger partial charge in [0.1, 0.15) is 0 Å². The van der Waals surface area contributed by atoms with Gasteiger partial charge in [-0.15, -0.1) is 0 Å². The molecule has 1 aliphatic rings. The van der Waals surface area contributed by atoms with Crippen molar-refractivity contribution in [2.75, 3.05) is 13.1 Å². The average molecular weight is 264 g/mol. The summed E-state index contributed by atoms with van der Waals surface area (Å²) in [6, 6.07) is 3.08. The van der Waals surface area contributed by atoms with Crippen molar-refractivity contribution in [2.24, 2.45) is 0 Å². The summed E-state index contributed by atoms with van der Waals surface area (Å²) in [5.41, 5.74) is -0.177. The predicted octanol–water partition coefficient (Wildman–Crippen LogP) is 1.17. The van der Waals surface area contributed by atoms with Gasteiger partial charge in [0.2, 0.25) is 0 Å². The van der Waals surface area contributed by atoms with E-state index in [1.54, 1.807) is 17.9 Å². The molecule has 0 bridgehead atoms. The average Bonchev–Trinajstić information content (AvgIpc) is 2.92. The highest BCUT2D eigenvalue weighted by atomic mass is 16.5. The van der Waals surface area contributed by atoms with E-state index in [1.807, 2.05) is 0 Å². The Hall–Kier alpha value is -2.11. The second-order valence-electron chi connectivity index (χ2n) is 4.45. The molecule has 1 unspecified atom stereocenters. The Labute approximate surface area is 111 Å². The number of hydrogen-bond donors (Lipinski definition) is 1. The van der Waals surface area contributed by atoms with Gasteiger partial charge >= 0.3 is 5.97 Å². The summed E-state index contributed by atoms with van der Waals surface area (Å²) in [5.74, 6) is -1.16. The number of pyridine rings is 1. The molecule has 0 aromatic carbocycles. The van der Waals surface area contributed by atoms with Gasteiger partial charge in [0.05, 0.1) is 0 Å². The van der Waals surface area contributed by atoms with Crippen LogP contribution in [0.25, 0.3) is 0 Å². The van der Waals surface area contributed by atoms with Gasteiger partial charge in [-0.25, -0.2) is 9.78 Å². The summed E-state index contributed by atoms with van der Waals surface area (Å²) in [7, 11) is 0. The zero-order valence-corrected chi connectivity index (χ0v) is 10.7. The zero-order chi connectivity index (χ0) is 13.8. The first-order chi connectivity index (χ1) is 9.09. The van der Waals surface area contributed by atoms with E-state index in [1.165, 1.54) is 12.3 Å². The number of amides is 1. The molecule has 6 heteroatoms. The minimum absolute atomic E-state index is 0.113. The van der Waals surface area contributed by atoms with E-state index >= 15 is 0 Å². The second kappa shape index (κ2) is 5.69. The lowest BCUT2D eigenvalue weighted by Gasteiger charge is -2.21. The molecule has 1 fully saturated rings. The largest absolute Gasteiger partial charge is 0.478 e. The molecule has 0 aliphatic carbocycles. The van der Waals surface area contributed by atoms with Crippen LogP contribution < -0.4 is 4.74 Å². The highest BCUT2D eigenvalue weighted by molar-refractivity contribution is 5.89. The van der Waals surface area contributed by atoms with Crippen molar-refractivity contribution in [3.8, 4) is 5.75 Å². The van der Waals surface area contributed by atoms with E-state index in [-0.39, 0.29) is 17.4 Å².